The number of benzene rings is 1. The number of nitrogens with zero attached hydrogens (tertiary/aromatic N) is 1. The van der Waals surface area contributed by atoms with E-state index < -0.39 is 11.9 Å². The average molecular weight is 331 g/mol. The molecule has 2 rings (SSSR count). The molecule has 0 saturated carbocycles. The number of anilines is 2. The van der Waals surface area contributed by atoms with E-state index in [-0.39, 0.29) is 22.5 Å². The van der Waals surface area contributed by atoms with Gasteiger partial charge in [0.2, 0.25) is 11.8 Å². The van der Waals surface area contributed by atoms with Gasteiger partial charge in [0.1, 0.15) is 0 Å². The zero-order valence-electron chi connectivity index (χ0n) is 11.2. The highest BCUT2D eigenvalue weighted by Crippen LogP contribution is 2.32. The first-order valence-electron chi connectivity index (χ1n) is 6.46. The summed E-state index contributed by atoms with van der Waals surface area (Å²) in [6.07, 6.45) is 1.51. The van der Waals surface area contributed by atoms with Crippen LogP contribution in [-0.2, 0) is 9.59 Å². The molecule has 21 heavy (non-hydrogen) atoms. The number of hydrogen-bond donors (Lipinski definition) is 3. The molecular weight excluding hydrogens is 315 g/mol. The first kappa shape index (κ1) is 15.9. The number of primary amides is 1. The summed E-state index contributed by atoms with van der Waals surface area (Å²) < 4.78 is 0. The maximum Gasteiger partial charge on any atom is 0.238 e. The molecule has 1 aliphatic heterocycles. The summed E-state index contributed by atoms with van der Waals surface area (Å²) in [6, 6.07) is 2.61. The minimum atomic E-state index is -0.413. The average Bonchev–Trinajstić information content (AvgIpc) is 2.82. The van der Waals surface area contributed by atoms with Gasteiger partial charge in [0.05, 0.1) is 28.3 Å². The lowest BCUT2D eigenvalue weighted by Crippen LogP contribution is -2.43. The number of nitrogens with two attached hydrogens (primary N) is 2. The molecule has 0 spiro atoms. The predicted molar refractivity (Wildman–Crippen MR) is 83.3 cm³/mol. The third-order valence-electron chi connectivity index (χ3n) is 3.37. The molecule has 1 unspecified atom stereocenters. The fourth-order valence-electron chi connectivity index (χ4n) is 2.41. The highest BCUT2D eigenvalue weighted by atomic mass is 35.5. The Hall–Kier alpha value is -1.50. The molecule has 1 aliphatic rings. The van der Waals surface area contributed by atoms with Crippen LogP contribution in [0.2, 0.25) is 10.0 Å². The largest absolute Gasteiger partial charge is 0.399 e. The van der Waals surface area contributed by atoms with Gasteiger partial charge >= 0.3 is 0 Å². The maximum absolute atomic E-state index is 12.1. The lowest BCUT2D eigenvalue weighted by Gasteiger charge is -2.21. The number of hydrogen-bond acceptors (Lipinski definition) is 4. The second-order valence-corrected chi connectivity index (χ2v) is 5.75. The molecule has 2 amide bonds. The zero-order valence-corrected chi connectivity index (χ0v) is 12.7. The van der Waals surface area contributed by atoms with Gasteiger partial charge < -0.3 is 16.8 Å². The topological polar surface area (TPSA) is 101 Å². The van der Waals surface area contributed by atoms with Crippen LogP contribution in [0.5, 0.6) is 0 Å². The highest BCUT2D eigenvalue weighted by molar-refractivity contribution is 6.40. The summed E-state index contributed by atoms with van der Waals surface area (Å²) in [6.45, 7) is 0.717. The van der Waals surface area contributed by atoms with Crippen molar-refractivity contribution in [2.45, 2.75) is 18.9 Å². The van der Waals surface area contributed by atoms with Gasteiger partial charge in [-0.05, 0) is 31.5 Å². The number of likely N-dealkylation sites (tertiary alicyclic amines) is 1. The molecular formula is C13H16Cl2N4O2. The van der Waals surface area contributed by atoms with Crippen molar-refractivity contribution in [3.05, 3.63) is 22.2 Å². The third kappa shape index (κ3) is 3.78. The molecule has 5 N–H and O–H groups in total. The fraction of sp³-hybridized carbons (Fsp3) is 0.385. The first-order valence-corrected chi connectivity index (χ1v) is 7.22. The molecule has 1 fully saturated rings. The smallest absolute Gasteiger partial charge is 0.238 e. The third-order valence-corrected chi connectivity index (χ3v) is 3.96. The zero-order chi connectivity index (χ0) is 15.6. The second kappa shape index (κ2) is 6.51. The quantitative estimate of drug-likeness (QED) is 0.727. The van der Waals surface area contributed by atoms with Crippen LogP contribution in [0.4, 0.5) is 11.4 Å². The molecule has 1 aromatic carbocycles. The fourth-order valence-corrected chi connectivity index (χ4v) is 3.01. The first-order chi connectivity index (χ1) is 9.88. The molecule has 0 bridgehead atoms. The van der Waals surface area contributed by atoms with Crippen molar-refractivity contribution >= 4 is 46.4 Å². The second-order valence-electron chi connectivity index (χ2n) is 4.94. The van der Waals surface area contributed by atoms with E-state index in [4.69, 9.17) is 34.7 Å². The van der Waals surface area contributed by atoms with Crippen molar-refractivity contribution in [3.63, 3.8) is 0 Å². The molecule has 0 aromatic heterocycles. The van der Waals surface area contributed by atoms with Crippen LogP contribution in [0.3, 0.4) is 0 Å². The molecule has 8 heteroatoms. The van der Waals surface area contributed by atoms with E-state index in [2.05, 4.69) is 5.32 Å². The summed E-state index contributed by atoms with van der Waals surface area (Å²) in [5.41, 5.74) is 11.6. The van der Waals surface area contributed by atoms with E-state index in [0.29, 0.717) is 24.3 Å². The number of nitrogen functional groups attached to an aromatic ring is 1. The summed E-state index contributed by atoms with van der Waals surface area (Å²) in [5.74, 6) is -0.722. The Kier molecular flexibility index (Phi) is 4.92. The molecule has 1 aromatic rings. The van der Waals surface area contributed by atoms with Crippen molar-refractivity contribution in [2.75, 3.05) is 24.1 Å². The van der Waals surface area contributed by atoms with Crippen LogP contribution < -0.4 is 16.8 Å². The molecule has 114 valence electrons. The number of halogens is 2. The van der Waals surface area contributed by atoms with Gasteiger partial charge in [-0.25, -0.2) is 0 Å². The van der Waals surface area contributed by atoms with Gasteiger partial charge in [-0.2, -0.15) is 0 Å². The van der Waals surface area contributed by atoms with Gasteiger partial charge in [0.15, 0.2) is 0 Å². The Morgan fingerprint density at radius 1 is 1.33 bits per heavy atom. The lowest BCUT2D eigenvalue weighted by molar-refractivity contribution is -0.123. The lowest BCUT2D eigenvalue weighted by atomic mass is 10.2. The Morgan fingerprint density at radius 3 is 2.52 bits per heavy atom. The van der Waals surface area contributed by atoms with E-state index in [9.17, 15) is 9.59 Å². The Labute approximate surface area is 132 Å². The summed E-state index contributed by atoms with van der Waals surface area (Å²) >= 11 is 12.0. The minimum Gasteiger partial charge on any atom is -0.399 e. The van der Waals surface area contributed by atoms with Gasteiger partial charge in [-0.3, -0.25) is 14.5 Å². The van der Waals surface area contributed by atoms with E-state index >= 15 is 0 Å². The normalized spacial score (nSPS) is 18.7. The maximum atomic E-state index is 12.1. The van der Waals surface area contributed by atoms with Crippen molar-refractivity contribution in [1.29, 1.82) is 0 Å². The van der Waals surface area contributed by atoms with Crippen LogP contribution in [0.1, 0.15) is 12.8 Å². The highest BCUT2D eigenvalue weighted by Gasteiger charge is 2.30. The number of carbonyl (C=O) groups excluding carboxylic acids is 2. The van der Waals surface area contributed by atoms with Crippen LogP contribution in [0.25, 0.3) is 0 Å². The molecule has 0 radical (unpaired) electrons. The molecule has 1 saturated heterocycles. The summed E-state index contributed by atoms with van der Waals surface area (Å²) in [4.78, 5) is 25.1. The predicted octanol–water partition coefficient (Wildman–Crippen LogP) is 1.46. The monoisotopic (exact) mass is 330 g/mol. The van der Waals surface area contributed by atoms with E-state index in [1.165, 1.54) is 12.1 Å². The minimum absolute atomic E-state index is 0.0602. The van der Waals surface area contributed by atoms with Gasteiger partial charge in [-0.15, -0.1) is 0 Å². The standard InChI is InChI=1S/C13H16Cl2N4O2/c14-8-4-7(16)5-9(15)12(8)18-11(20)6-19-3-1-2-10(19)13(17)21/h4-5,10H,1-3,6,16H2,(H2,17,21)(H,18,20). The number of rotatable bonds is 4. The summed E-state index contributed by atoms with van der Waals surface area (Å²) in [5, 5.41) is 3.17. The summed E-state index contributed by atoms with van der Waals surface area (Å²) in [7, 11) is 0. The molecule has 0 aliphatic carbocycles. The van der Waals surface area contributed by atoms with Gasteiger partial charge in [0.25, 0.3) is 0 Å². The molecule has 1 heterocycles. The number of nitrogens with one attached hydrogen (secondary N) is 1. The van der Waals surface area contributed by atoms with Gasteiger partial charge in [0, 0.05) is 5.69 Å². The van der Waals surface area contributed by atoms with Crippen molar-refractivity contribution in [2.24, 2.45) is 5.73 Å². The van der Waals surface area contributed by atoms with Crippen LogP contribution >= 0.6 is 23.2 Å². The molecule has 6 nitrogen and oxygen atoms in total. The SMILES string of the molecule is NC(=O)C1CCCN1CC(=O)Nc1c(Cl)cc(N)cc1Cl. The van der Waals surface area contributed by atoms with Crippen LogP contribution in [0, 0.1) is 0 Å². The number of amides is 2. The Morgan fingerprint density at radius 2 is 1.95 bits per heavy atom. The van der Waals surface area contributed by atoms with E-state index in [1.54, 1.807) is 4.90 Å². The van der Waals surface area contributed by atoms with Crippen LogP contribution in [-0.4, -0.2) is 35.8 Å². The Balaban J connectivity index is 2.04. The van der Waals surface area contributed by atoms with Crippen molar-refractivity contribution < 1.29 is 9.59 Å². The van der Waals surface area contributed by atoms with Crippen LogP contribution in [0.15, 0.2) is 12.1 Å². The Bertz CT molecular complexity index is 556. The van der Waals surface area contributed by atoms with E-state index in [0.717, 1.165) is 6.42 Å². The molecule has 1 atom stereocenters. The van der Waals surface area contributed by atoms with Crippen molar-refractivity contribution in [3.8, 4) is 0 Å². The number of carbonyl (C=O) groups is 2. The van der Waals surface area contributed by atoms with E-state index in [1.807, 2.05) is 0 Å². The van der Waals surface area contributed by atoms with Gasteiger partial charge in [-0.1, -0.05) is 23.2 Å². The van der Waals surface area contributed by atoms with Crippen molar-refractivity contribution in [1.82, 2.24) is 4.90 Å².